The predicted molar refractivity (Wildman–Crippen MR) is 268 cm³/mol. The zero-order valence-electron chi connectivity index (χ0n) is 34.6. The van der Waals surface area contributed by atoms with Crippen molar-refractivity contribution in [2.45, 2.75) is 0 Å². The zero-order valence-corrected chi connectivity index (χ0v) is 34.6. The van der Waals surface area contributed by atoms with Gasteiger partial charge in [-0.2, -0.15) is 0 Å². The predicted octanol–water partition coefficient (Wildman–Crippen LogP) is 16.2. The molecule has 0 saturated carbocycles. The molecule has 4 heterocycles. The summed E-state index contributed by atoms with van der Waals surface area (Å²) in [4.78, 5) is 0. The Hall–Kier alpha value is -8.60. The third-order valence-corrected chi connectivity index (χ3v) is 13.4. The monoisotopic (exact) mass is 815 g/mol. The lowest BCUT2D eigenvalue weighted by atomic mass is 9.93. The Labute approximate surface area is 367 Å². The Bertz CT molecular complexity index is 4140. The van der Waals surface area contributed by atoms with E-state index >= 15 is 0 Å². The fourth-order valence-electron chi connectivity index (χ4n) is 10.7. The van der Waals surface area contributed by atoms with Gasteiger partial charge in [-0.15, -0.1) is 0 Å². The van der Waals surface area contributed by atoms with Gasteiger partial charge in [-0.05, 0) is 101 Å². The molecule has 0 bridgehead atoms. The topological polar surface area (TPSA) is 27.9 Å². The van der Waals surface area contributed by atoms with Crippen LogP contribution in [-0.4, -0.2) is 13.7 Å². The first-order valence-electron chi connectivity index (χ1n) is 21.9. The minimum atomic E-state index is 0.865. The van der Waals surface area contributed by atoms with Crippen LogP contribution in [0.15, 0.2) is 229 Å². The molecule has 14 aromatic rings. The Kier molecular flexibility index (Phi) is 7.36. The van der Waals surface area contributed by atoms with E-state index in [0.29, 0.717) is 0 Å². The molecule has 4 nitrogen and oxygen atoms in total. The maximum absolute atomic E-state index is 6.73. The molecule has 0 aliphatic heterocycles. The molecule has 298 valence electrons. The van der Waals surface area contributed by atoms with E-state index in [0.717, 1.165) is 61.2 Å². The highest BCUT2D eigenvalue weighted by molar-refractivity contribution is 6.17. The van der Waals surface area contributed by atoms with Crippen molar-refractivity contribution in [3.8, 4) is 39.3 Å². The van der Waals surface area contributed by atoms with Crippen molar-refractivity contribution >= 4 is 87.4 Å². The summed E-state index contributed by atoms with van der Waals surface area (Å²) in [6.07, 6.45) is 0. The third kappa shape index (κ3) is 4.99. The van der Waals surface area contributed by atoms with Gasteiger partial charge >= 0.3 is 0 Å². The molecule has 64 heavy (non-hydrogen) atoms. The van der Waals surface area contributed by atoms with Gasteiger partial charge in [0.25, 0.3) is 0 Å². The number of fused-ring (bicyclic) bond motifs is 12. The van der Waals surface area contributed by atoms with Crippen molar-refractivity contribution in [1.29, 1.82) is 0 Å². The van der Waals surface area contributed by atoms with Crippen molar-refractivity contribution in [1.82, 2.24) is 13.7 Å². The summed E-state index contributed by atoms with van der Waals surface area (Å²) >= 11 is 0. The Morgan fingerprint density at radius 2 is 0.688 bits per heavy atom. The van der Waals surface area contributed by atoms with Gasteiger partial charge in [0, 0.05) is 49.1 Å². The van der Waals surface area contributed by atoms with E-state index in [2.05, 4.69) is 238 Å². The number of para-hydroxylation sites is 5. The largest absolute Gasteiger partial charge is 0.456 e. The van der Waals surface area contributed by atoms with Crippen LogP contribution in [0.3, 0.4) is 0 Å². The van der Waals surface area contributed by atoms with Gasteiger partial charge in [0.05, 0.1) is 44.2 Å². The molecule has 0 radical (unpaired) electrons. The maximum Gasteiger partial charge on any atom is 0.138 e. The van der Waals surface area contributed by atoms with Crippen LogP contribution in [0.4, 0.5) is 0 Å². The molecular formula is C60H37N3O. The van der Waals surface area contributed by atoms with E-state index in [1.54, 1.807) is 0 Å². The van der Waals surface area contributed by atoms with Crippen LogP contribution in [0.2, 0.25) is 0 Å². The summed E-state index contributed by atoms with van der Waals surface area (Å²) in [5.41, 5.74) is 16.8. The lowest BCUT2D eigenvalue weighted by Gasteiger charge is -2.15. The normalized spacial score (nSPS) is 12.1. The van der Waals surface area contributed by atoms with Gasteiger partial charge in [-0.1, -0.05) is 146 Å². The van der Waals surface area contributed by atoms with Crippen LogP contribution in [-0.2, 0) is 0 Å². The van der Waals surface area contributed by atoms with Crippen molar-refractivity contribution in [2.24, 2.45) is 0 Å². The first-order valence-corrected chi connectivity index (χ1v) is 21.9. The summed E-state index contributed by atoms with van der Waals surface area (Å²) in [5, 5.41) is 9.57. The quantitative estimate of drug-likeness (QED) is 0.170. The van der Waals surface area contributed by atoms with Crippen LogP contribution in [0.5, 0.6) is 0 Å². The molecule has 0 aliphatic carbocycles. The van der Waals surface area contributed by atoms with Crippen molar-refractivity contribution < 1.29 is 4.42 Å². The molecule has 4 heteroatoms. The van der Waals surface area contributed by atoms with Crippen LogP contribution < -0.4 is 0 Å². The molecule has 0 saturated heterocycles. The fraction of sp³-hybridized carbons (Fsp3) is 0. The van der Waals surface area contributed by atoms with Crippen LogP contribution in [0.1, 0.15) is 0 Å². The molecule has 0 N–H and O–H groups in total. The summed E-state index contributed by atoms with van der Waals surface area (Å²) in [6, 6.07) is 81.4. The minimum absolute atomic E-state index is 0.865. The number of aromatic nitrogens is 3. The van der Waals surface area contributed by atoms with E-state index < -0.39 is 0 Å². The molecule has 0 aliphatic rings. The Morgan fingerprint density at radius 1 is 0.266 bits per heavy atom. The van der Waals surface area contributed by atoms with Crippen molar-refractivity contribution in [3.63, 3.8) is 0 Å². The summed E-state index contributed by atoms with van der Waals surface area (Å²) in [5.74, 6) is 0. The molecule has 0 fully saturated rings. The van der Waals surface area contributed by atoms with E-state index in [-0.39, 0.29) is 0 Å². The second-order valence-electron chi connectivity index (χ2n) is 16.9. The first kappa shape index (κ1) is 35.0. The first-order chi connectivity index (χ1) is 31.8. The standard InChI is InChI=1S/C60H37N3O/c1-2-16-38(17-3-1)42-18-4-5-19-43(42)39-34-57(60-48-24-10-15-29-58(48)64-59(60)35-39)63-54-28-14-9-23-47(54)50-37-41(31-33-56(50)63)62-53-27-13-8-22-46(53)49-36-40(30-32-55(49)62)61-51-25-11-6-20-44(51)45-21-7-12-26-52(45)61/h1-37H. The number of hydrogen-bond acceptors (Lipinski definition) is 1. The number of furan rings is 1. The number of benzene rings is 10. The average Bonchev–Trinajstić information content (AvgIpc) is 4.10. The second-order valence-corrected chi connectivity index (χ2v) is 16.9. The van der Waals surface area contributed by atoms with Gasteiger partial charge in [0.1, 0.15) is 11.2 Å². The van der Waals surface area contributed by atoms with Gasteiger partial charge in [-0.3, -0.25) is 0 Å². The van der Waals surface area contributed by atoms with Gasteiger partial charge in [0.2, 0.25) is 0 Å². The third-order valence-electron chi connectivity index (χ3n) is 13.4. The van der Waals surface area contributed by atoms with Crippen molar-refractivity contribution in [2.75, 3.05) is 0 Å². The molecule has 0 atom stereocenters. The lowest BCUT2D eigenvalue weighted by molar-refractivity contribution is 0.669. The van der Waals surface area contributed by atoms with Gasteiger partial charge in [-0.25, -0.2) is 0 Å². The number of hydrogen-bond donors (Lipinski definition) is 0. The fourth-order valence-corrected chi connectivity index (χ4v) is 10.7. The summed E-state index contributed by atoms with van der Waals surface area (Å²) < 4.78 is 14.0. The lowest BCUT2D eigenvalue weighted by Crippen LogP contribution is -1.98. The molecule has 10 aromatic carbocycles. The molecule has 0 unspecified atom stereocenters. The molecule has 14 rings (SSSR count). The van der Waals surface area contributed by atoms with Crippen molar-refractivity contribution in [3.05, 3.63) is 224 Å². The van der Waals surface area contributed by atoms with E-state index in [1.807, 2.05) is 0 Å². The minimum Gasteiger partial charge on any atom is -0.456 e. The van der Waals surface area contributed by atoms with Crippen LogP contribution >= 0.6 is 0 Å². The van der Waals surface area contributed by atoms with E-state index in [1.165, 1.54) is 65.5 Å². The number of nitrogens with zero attached hydrogens (tertiary/aromatic N) is 3. The molecular weight excluding hydrogens is 779 g/mol. The van der Waals surface area contributed by atoms with Gasteiger partial charge < -0.3 is 18.1 Å². The summed E-state index contributed by atoms with van der Waals surface area (Å²) in [6.45, 7) is 0. The highest BCUT2D eigenvalue weighted by Gasteiger charge is 2.22. The van der Waals surface area contributed by atoms with Gasteiger partial charge in [0.15, 0.2) is 0 Å². The maximum atomic E-state index is 6.73. The van der Waals surface area contributed by atoms with Crippen LogP contribution in [0.25, 0.3) is 127 Å². The Morgan fingerprint density at radius 3 is 1.27 bits per heavy atom. The summed E-state index contributed by atoms with van der Waals surface area (Å²) in [7, 11) is 0. The molecule has 4 aromatic heterocycles. The SMILES string of the molecule is c1ccc(-c2ccccc2-c2cc(-n3c4ccccc4c4cc(-n5c6ccccc6c6cc(-n7c8ccccc8c8ccccc87)ccc65)ccc43)c3c(c2)oc2ccccc23)cc1. The molecule has 0 amide bonds. The highest BCUT2D eigenvalue weighted by Crippen LogP contribution is 2.44. The highest BCUT2D eigenvalue weighted by atomic mass is 16.3. The average molecular weight is 816 g/mol. The van der Waals surface area contributed by atoms with E-state index in [9.17, 15) is 0 Å². The molecule has 0 spiro atoms. The Balaban J connectivity index is 1.01. The van der Waals surface area contributed by atoms with E-state index in [4.69, 9.17) is 4.42 Å². The zero-order chi connectivity index (χ0) is 41.9. The smallest absolute Gasteiger partial charge is 0.138 e. The second kappa shape index (κ2) is 13.4. The number of rotatable bonds is 5. The van der Waals surface area contributed by atoms with Crippen LogP contribution in [0, 0.1) is 0 Å².